The fraction of sp³-hybridized carbons (Fsp3) is 0.636. The van der Waals surface area contributed by atoms with Crippen molar-refractivity contribution in [3.8, 4) is 0 Å². The van der Waals surface area contributed by atoms with Gasteiger partial charge in [-0.15, -0.1) is 21.8 Å². The van der Waals surface area contributed by atoms with Crippen LogP contribution in [0, 0.1) is 0 Å². The molecule has 4 nitrogen and oxygen atoms in total. The van der Waals surface area contributed by atoms with E-state index in [1.165, 1.54) is 6.07 Å². The lowest BCUT2D eigenvalue weighted by Gasteiger charge is -2.36. The van der Waals surface area contributed by atoms with Gasteiger partial charge in [-0.2, -0.15) is 13.2 Å². The highest BCUT2D eigenvalue weighted by atomic mass is 35.5. The Morgan fingerprint density at radius 3 is 2.42 bits per heavy atom. The minimum absolute atomic E-state index is 0.288. The zero-order valence-electron chi connectivity index (χ0n) is 10.0. The van der Waals surface area contributed by atoms with Gasteiger partial charge < -0.3 is 10.1 Å². The summed E-state index contributed by atoms with van der Waals surface area (Å²) >= 11 is 5.94. The standard InChI is InChI=1S/C11H13ClF3N3O/c12-7-10(3-5-19-6-4-10)16-9-2-1-8(17-18-9)11(13,14)15/h1-2H,3-7H2,(H,16,18). The van der Waals surface area contributed by atoms with Gasteiger partial charge >= 0.3 is 6.18 Å². The summed E-state index contributed by atoms with van der Waals surface area (Å²) in [6.07, 6.45) is -3.12. The molecule has 0 unspecified atom stereocenters. The summed E-state index contributed by atoms with van der Waals surface area (Å²) < 4.78 is 42.3. The zero-order chi connectivity index (χ0) is 13.9. The third-order valence-corrected chi connectivity index (χ3v) is 3.57. The number of anilines is 1. The van der Waals surface area contributed by atoms with Crippen LogP contribution < -0.4 is 5.32 Å². The molecule has 0 aliphatic carbocycles. The van der Waals surface area contributed by atoms with E-state index in [0.29, 0.717) is 31.9 Å². The first kappa shape index (κ1) is 14.3. The number of nitrogens with one attached hydrogen (secondary N) is 1. The number of nitrogens with zero attached hydrogens (tertiary/aromatic N) is 2. The van der Waals surface area contributed by atoms with Crippen molar-refractivity contribution < 1.29 is 17.9 Å². The number of ether oxygens (including phenoxy) is 1. The van der Waals surface area contributed by atoms with Gasteiger partial charge in [0.25, 0.3) is 0 Å². The van der Waals surface area contributed by atoms with E-state index in [9.17, 15) is 13.2 Å². The fourth-order valence-electron chi connectivity index (χ4n) is 1.88. The molecule has 0 saturated carbocycles. The number of hydrogen-bond donors (Lipinski definition) is 1. The van der Waals surface area contributed by atoms with Crippen molar-refractivity contribution in [2.75, 3.05) is 24.4 Å². The van der Waals surface area contributed by atoms with E-state index in [4.69, 9.17) is 16.3 Å². The monoisotopic (exact) mass is 295 g/mol. The maximum Gasteiger partial charge on any atom is 0.435 e. The van der Waals surface area contributed by atoms with Gasteiger partial charge in [0.1, 0.15) is 5.82 Å². The second-order valence-corrected chi connectivity index (χ2v) is 4.72. The van der Waals surface area contributed by atoms with Crippen LogP contribution in [0.2, 0.25) is 0 Å². The Bertz CT molecular complexity index is 418. The molecule has 0 bridgehead atoms. The van der Waals surface area contributed by atoms with Crippen molar-refractivity contribution >= 4 is 17.4 Å². The summed E-state index contributed by atoms with van der Waals surface area (Å²) in [5.74, 6) is 0.620. The number of rotatable bonds is 3. The van der Waals surface area contributed by atoms with Gasteiger partial charge in [0.05, 0.1) is 5.54 Å². The van der Waals surface area contributed by atoms with Crippen LogP contribution in [0.3, 0.4) is 0 Å². The fourth-order valence-corrected chi connectivity index (χ4v) is 2.21. The molecule has 1 aromatic rings. The average Bonchev–Trinajstić information content (AvgIpc) is 2.39. The summed E-state index contributed by atoms with van der Waals surface area (Å²) in [7, 11) is 0. The van der Waals surface area contributed by atoms with Gasteiger partial charge in [0, 0.05) is 19.1 Å². The van der Waals surface area contributed by atoms with Crippen LogP contribution in [0.5, 0.6) is 0 Å². The van der Waals surface area contributed by atoms with Crippen molar-refractivity contribution in [3.05, 3.63) is 17.8 Å². The highest BCUT2D eigenvalue weighted by molar-refractivity contribution is 6.18. The summed E-state index contributed by atoms with van der Waals surface area (Å²) in [4.78, 5) is 0. The summed E-state index contributed by atoms with van der Waals surface area (Å²) in [6, 6.07) is 2.16. The van der Waals surface area contributed by atoms with Crippen LogP contribution in [-0.4, -0.2) is 34.8 Å². The molecule has 2 rings (SSSR count). The first-order chi connectivity index (χ1) is 8.95. The molecule has 19 heavy (non-hydrogen) atoms. The van der Waals surface area contributed by atoms with E-state index in [1.54, 1.807) is 0 Å². The molecule has 1 saturated heterocycles. The molecule has 8 heteroatoms. The molecular weight excluding hydrogens is 283 g/mol. The summed E-state index contributed by atoms with van der Waals surface area (Å²) in [6.45, 7) is 1.13. The number of aromatic nitrogens is 2. The first-order valence-electron chi connectivity index (χ1n) is 5.78. The quantitative estimate of drug-likeness (QED) is 0.871. The Kier molecular flexibility index (Phi) is 4.15. The maximum atomic E-state index is 12.4. The normalized spacial score (nSPS) is 19.2. The van der Waals surface area contributed by atoms with Crippen LogP contribution in [0.25, 0.3) is 0 Å². The molecule has 106 valence electrons. The molecule has 1 aliphatic rings. The molecule has 0 spiro atoms. The molecule has 0 radical (unpaired) electrons. The molecule has 0 atom stereocenters. The second-order valence-electron chi connectivity index (χ2n) is 4.45. The molecule has 1 fully saturated rings. The lowest BCUT2D eigenvalue weighted by molar-refractivity contribution is -0.141. The van der Waals surface area contributed by atoms with Crippen molar-refractivity contribution in [2.45, 2.75) is 24.6 Å². The first-order valence-corrected chi connectivity index (χ1v) is 6.31. The van der Waals surface area contributed by atoms with E-state index in [-0.39, 0.29) is 5.82 Å². The van der Waals surface area contributed by atoms with E-state index in [2.05, 4.69) is 15.5 Å². The van der Waals surface area contributed by atoms with Gasteiger partial charge in [-0.25, -0.2) is 0 Å². The zero-order valence-corrected chi connectivity index (χ0v) is 10.8. The Labute approximate surface area is 113 Å². The Balaban J connectivity index is 2.10. The predicted octanol–water partition coefficient (Wildman–Crippen LogP) is 2.70. The smallest absolute Gasteiger partial charge is 0.381 e. The van der Waals surface area contributed by atoms with Crippen LogP contribution in [0.4, 0.5) is 19.0 Å². The minimum Gasteiger partial charge on any atom is -0.381 e. The van der Waals surface area contributed by atoms with Gasteiger partial charge in [0.2, 0.25) is 0 Å². The van der Waals surface area contributed by atoms with Crippen LogP contribution in [0.1, 0.15) is 18.5 Å². The van der Waals surface area contributed by atoms with Crippen molar-refractivity contribution in [1.82, 2.24) is 10.2 Å². The van der Waals surface area contributed by atoms with Crippen LogP contribution in [0.15, 0.2) is 12.1 Å². The Morgan fingerprint density at radius 1 is 1.26 bits per heavy atom. The van der Waals surface area contributed by atoms with E-state index < -0.39 is 17.4 Å². The molecule has 1 N–H and O–H groups in total. The van der Waals surface area contributed by atoms with E-state index in [0.717, 1.165) is 6.07 Å². The van der Waals surface area contributed by atoms with Gasteiger partial charge in [-0.05, 0) is 25.0 Å². The van der Waals surface area contributed by atoms with Gasteiger partial charge in [-0.3, -0.25) is 0 Å². The molecule has 2 heterocycles. The SMILES string of the molecule is FC(F)(F)c1ccc(NC2(CCl)CCOCC2)nn1. The lowest BCUT2D eigenvalue weighted by Crippen LogP contribution is -2.45. The topological polar surface area (TPSA) is 47.0 Å². The molecular formula is C11H13ClF3N3O. The third kappa shape index (κ3) is 3.48. The third-order valence-electron chi connectivity index (χ3n) is 3.05. The van der Waals surface area contributed by atoms with Crippen molar-refractivity contribution in [1.29, 1.82) is 0 Å². The molecule has 1 aromatic heterocycles. The largest absolute Gasteiger partial charge is 0.435 e. The predicted molar refractivity (Wildman–Crippen MR) is 64.2 cm³/mol. The van der Waals surface area contributed by atoms with Crippen LogP contribution >= 0.6 is 11.6 Å². The molecule has 0 aromatic carbocycles. The Hall–Kier alpha value is -1.08. The number of alkyl halides is 4. The van der Waals surface area contributed by atoms with Crippen molar-refractivity contribution in [3.63, 3.8) is 0 Å². The molecule has 0 amide bonds. The maximum absolute atomic E-state index is 12.4. The van der Waals surface area contributed by atoms with Crippen molar-refractivity contribution in [2.24, 2.45) is 0 Å². The highest BCUT2D eigenvalue weighted by Gasteiger charge is 2.34. The lowest BCUT2D eigenvalue weighted by atomic mass is 9.92. The summed E-state index contributed by atoms with van der Waals surface area (Å²) in [5, 5.41) is 9.79. The second kappa shape index (κ2) is 5.50. The van der Waals surface area contributed by atoms with E-state index in [1.807, 2.05) is 0 Å². The number of hydrogen-bond acceptors (Lipinski definition) is 4. The van der Waals surface area contributed by atoms with Gasteiger partial charge in [-0.1, -0.05) is 0 Å². The molecule has 1 aliphatic heterocycles. The van der Waals surface area contributed by atoms with E-state index >= 15 is 0 Å². The summed E-state index contributed by atoms with van der Waals surface area (Å²) in [5.41, 5.74) is -1.40. The van der Waals surface area contributed by atoms with Crippen LogP contribution in [-0.2, 0) is 10.9 Å². The minimum atomic E-state index is -4.48. The average molecular weight is 296 g/mol. The number of halogens is 4. The van der Waals surface area contributed by atoms with Gasteiger partial charge in [0.15, 0.2) is 5.69 Å². The Morgan fingerprint density at radius 2 is 1.95 bits per heavy atom. The highest BCUT2D eigenvalue weighted by Crippen LogP contribution is 2.29.